The molecule has 1 rings (SSSR count). The summed E-state index contributed by atoms with van der Waals surface area (Å²) in [5.41, 5.74) is 0. The maximum atomic E-state index is 12.4. The van der Waals surface area contributed by atoms with E-state index in [0.29, 0.717) is 5.75 Å². The number of sulfonamides is 1. The second kappa shape index (κ2) is 7.28. The molecule has 7 nitrogen and oxygen atoms in total. The number of benzene rings is 1. The molecule has 1 aromatic rings. The minimum absolute atomic E-state index is 0.105. The number of hydrogen-bond donors (Lipinski definition) is 1. The smallest absolute Gasteiger partial charge is 0.323 e. The van der Waals surface area contributed by atoms with Crippen molar-refractivity contribution in [3.63, 3.8) is 0 Å². The molecule has 0 aliphatic carbocycles. The normalized spacial score (nSPS) is 12.6. The standard InChI is InChI=1S/C13H19NO6S/c1-5-10(13(15)20-4)14-21(16,17)12-8-9(18-2)6-7-11(12)19-3/h6-8,10,14H,5H2,1-4H3. The fourth-order valence-electron chi connectivity index (χ4n) is 1.69. The minimum atomic E-state index is -3.96. The lowest BCUT2D eigenvalue weighted by Crippen LogP contribution is -2.41. The zero-order valence-electron chi connectivity index (χ0n) is 12.4. The SMILES string of the molecule is CCC(NS(=O)(=O)c1cc(OC)ccc1OC)C(=O)OC. The van der Waals surface area contributed by atoms with E-state index in [4.69, 9.17) is 9.47 Å². The average Bonchev–Trinajstić information content (AvgIpc) is 2.51. The Hall–Kier alpha value is -1.80. The van der Waals surface area contributed by atoms with Gasteiger partial charge in [-0.05, 0) is 18.6 Å². The van der Waals surface area contributed by atoms with Crippen LogP contribution in [-0.4, -0.2) is 41.8 Å². The summed E-state index contributed by atoms with van der Waals surface area (Å²) in [5.74, 6) is -0.131. The average molecular weight is 317 g/mol. The summed E-state index contributed by atoms with van der Waals surface area (Å²) in [6.45, 7) is 1.67. The Morgan fingerprint density at radius 2 is 1.90 bits per heavy atom. The molecular weight excluding hydrogens is 298 g/mol. The maximum Gasteiger partial charge on any atom is 0.323 e. The van der Waals surface area contributed by atoms with Gasteiger partial charge < -0.3 is 14.2 Å². The molecule has 0 bridgehead atoms. The molecule has 1 unspecified atom stereocenters. The van der Waals surface area contributed by atoms with Gasteiger partial charge in [-0.2, -0.15) is 4.72 Å². The summed E-state index contributed by atoms with van der Waals surface area (Å²) >= 11 is 0. The second-order valence-electron chi connectivity index (χ2n) is 4.12. The van der Waals surface area contributed by atoms with Crippen molar-refractivity contribution in [3.05, 3.63) is 18.2 Å². The molecule has 0 radical (unpaired) electrons. The van der Waals surface area contributed by atoms with E-state index < -0.39 is 22.0 Å². The first-order chi connectivity index (χ1) is 9.89. The Kier molecular flexibility index (Phi) is 5.98. The molecule has 0 spiro atoms. The van der Waals surface area contributed by atoms with Crippen LogP contribution < -0.4 is 14.2 Å². The molecule has 0 aliphatic heterocycles. The van der Waals surface area contributed by atoms with Crippen molar-refractivity contribution in [2.45, 2.75) is 24.3 Å². The van der Waals surface area contributed by atoms with Gasteiger partial charge in [0.05, 0.1) is 21.3 Å². The Labute approximate surface area is 124 Å². The van der Waals surface area contributed by atoms with Gasteiger partial charge in [-0.15, -0.1) is 0 Å². The van der Waals surface area contributed by atoms with Gasteiger partial charge in [-0.25, -0.2) is 8.42 Å². The van der Waals surface area contributed by atoms with Gasteiger partial charge in [0, 0.05) is 6.07 Å². The van der Waals surface area contributed by atoms with Crippen LogP contribution in [0.3, 0.4) is 0 Å². The number of rotatable bonds is 7. The van der Waals surface area contributed by atoms with E-state index in [1.54, 1.807) is 13.0 Å². The van der Waals surface area contributed by atoms with Crippen molar-refractivity contribution in [1.29, 1.82) is 0 Å². The van der Waals surface area contributed by atoms with Gasteiger partial charge in [0.2, 0.25) is 10.0 Å². The predicted octanol–water partition coefficient (Wildman–Crippen LogP) is 0.934. The van der Waals surface area contributed by atoms with Crippen molar-refractivity contribution < 1.29 is 27.4 Å². The van der Waals surface area contributed by atoms with Crippen LogP contribution in [0.15, 0.2) is 23.1 Å². The number of carbonyl (C=O) groups excluding carboxylic acids is 1. The van der Waals surface area contributed by atoms with E-state index in [-0.39, 0.29) is 17.1 Å². The van der Waals surface area contributed by atoms with Crippen molar-refractivity contribution in [2.75, 3.05) is 21.3 Å². The molecule has 0 aromatic heterocycles. The zero-order chi connectivity index (χ0) is 16.0. The summed E-state index contributed by atoms with van der Waals surface area (Å²) in [6, 6.07) is 3.42. The largest absolute Gasteiger partial charge is 0.497 e. The highest BCUT2D eigenvalue weighted by molar-refractivity contribution is 7.89. The lowest BCUT2D eigenvalue weighted by molar-refractivity contribution is -0.142. The van der Waals surface area contributed by atoms with Gasteiger partial charge in [0.15, 0.2) is 0 Å². The fourth-order valence-corrected chi connectivity index (χ4v) is 3.14. The van der Waals surface area contributed by atoms with E-state index in [1.165, 1.54) is 33.5 Å². The molecule has 0 amide bonds. The van der Waals surface area contributed by atoms with E-state index >= 15 is 0 Å². The van der Waals surface area contributed by atoms with Crippen LogP contribution in [0.5, 0.6) is 11.5 Å². The Balaban J connectivity index is 3.20. The lowest BCUT2D eigenvalue weighted by Gasteiger charge is -2.16. The first kappa shape index (κ1) is 17.3. The van der Waals surface area contributed by atoms with E-state index in [9.17, 15) is 13.2 Å². The molecule has 1 atom stereocenters. The molecule has 0 fully saturated rings. The van der Waals surface area contributed by atoms with Crippen molar-refractivity contribution in [2.24, 2.45) is 0 Å². The van der Waals surface area contributed by atoms with Gasteiger partial charge >= 0.3 is 5.97 Å². The molecule has 0 heterocycles. The fraction of sp³-hybridized carbons (Fsp3) is 0.462. The number of nitrogens with one attached hydrogen (secondary N) is 1. The summed E-state index contributed by atoms with van der Waals surface area (Å²) in [4.78, 5) is 11.4. The molecule has 1 N–H and O–H groups in total. The number of methoxy groups -OCH3 is 3. The number of esters is 1. The highest BCUT2D eigenvalue weighted by atomic mass is 32.2. The first-order valence-corrected chi connectivity index (χ1v) is 7.70. The van der Waals surface area contributed by atoms with Crippen LogP contribution in [-0.2, 0) is 19.6 Å². The highest BCUT2D eigenvalue weighted by Gasteiger charge is 2.27. The molecule has 8 heteroatoms. The quantitative estimate of drug-likeness (QED) is 0.752. The van der Waals surface area contributed by atoms with Crippen LogP contribution in [0.4, 0.5) is 0 Å². The molecule has 118 valence electrons. The molecule has 0 saturated heterocycles. The molecular formula is C13H19NO6S. The summed E-state index contributed by atoms with van der Waals surface area (Å²) < 4.78 is 41.7. The van der Waals surface area contributed by atoms with Crippen molar-refractivity contribution in [3.8, 4) is 11.5 Å². The van der Waals surface area contributed by atoms with Crippen LogP contribution >= 0.6 is 0 Å². The van der Waals surface area contributed by atoms with E-state index in [1.807, 2.05) is 0 Å². The predicted molar refractivity (Wildman–Crippen MR) is 76.0 cm³/mol. The molecule has 0 saturated carbocycles. The van der Waals surface area contributed by atoms with Crippen LogP contribution in [0.25, 0.3) is 0 Å². The van der Waals surface area contributed by atoms with Gasteiger partial charge in [0.1, 0.15) is 22.4 Å². The summed E-state index contributed by atoms with van der Waals surface area (Å²) in [6.07, 6.45) is 0.262. The van der Waals surface area contributed by atoms with Gasteiger partial charge in [-0.1, -0.05) is 6.92 Å². The Morgan fingerprint density at radius 1 is 1.24 bits per heavy atom. The zero-order valence-corrected chi connectivity index (χ0v) is 13.2. The van der Waals surface area contributed by atoms with E-state index in [2.05, 4.69) is 9.46 Å². The topological polar surface area (TPSA) is 90.9 Å². The molecule has 0 aliphatic rings. The van der Waals surface area contributed by atoms with E-state index in [0.717, 1.165) is 0 Å². The highest BCUT2D eigenvalue weighted by Crippen LogP contribution is 2.28. The van der Waals surface area contributed by atoms with Crippen LogP contribution in [0, 0.1) is 0 Å². The Bertz CT molecular complexity index is 599. The Morgan fingerprint density at radius 3 is 2.38 bits per heavy atom. The third kappa shape index (κ3) is 4.08. The number of carbonyl (C=O) groups is 1. The first-order valence-electron chi connectivity index (χ1n) is 6.21. The number of ether oxygens (including phenoxy) is 3. The van der Waals surface area contributed by atoms with Gasteiger partial charge in [-0.3, -0.25) is 4.79 Å². The summed E-state index contributed by atoms with van der Waals surface area (Å²) in [7, 11) is 0.0270. The van der Waals surface area contributed by atoms with Crippen molar-refractivity contribution >= 4 is 16.0 Å². The maximum absolute atomic E-state index is 12.4. The van der Waals surface area contributed by atoms with Gasteiger partial charge in [0.25, 0.3) is 0 Å². The number of hydrogen-bond acceptors (Lipinski definition) is 6. The monoisotopic (exact) mass is 317 g/mol. The third-order valence-electron chi connectivity index (χ3n) is 2.85. The summed E-state index contributed by atoms with van der Waals surface area (Å²) in [5, 5.41) is 0. The second-order valence-corrected chi connectivity index (χ2v) is 5.80. The molecule has 1 aromatic carbocycles. The third-order valence-corrected chi connectivity index (χ3v) is 4.34. The minimum Gasteiger partial charge on any atom is -0.497 e. The molecule has 21 heavy (non-hydrogen) atoms. The lowest BCUT2D eigenvalue weighted by atomic mass is 10.2. The van der Waals surface area contributed by atoms with Crippen molar-refractivity contribution in [1.82, 2.24) is 4.72 Å². The van der Waals surface area contributed by atoms with Crippen LogP contribution in [0.1, 0.15) is 13.3 Å². The van der Waals surface area contributed by atoms with Crippen LogP contribution in [0.2, 0.25) is 0 Å².